The summed E-state index contributed by atoms with van der Waals surface area (Å²) in [5, 5.41) is 5.27. The fraction of sp³-hybridized carbons (Fsp3) is 0.538. The third kappa shape index (κ3) is 4.45. The Morgan fingerprint density at radius 2 is 2.00 bits per heavy atom. The summed E-state index contributed by atoms with van der Waals surface area (Å²) in [7, 11) is -3.79. The molecule has 1 atom stereocenters. The van der Waals surface area contributed by atoms with Crippen molar-refractivity contribution in [1.82, 2.24) is 0 Å². The number of nitrogens with zero attached hydrogens (tertiary/aromatic N) is 1. The molecule has 0 fully saturated rings. The van der Waals surface area contributed by atoms with Gasteiger partial charge in [-0.15, -0.1) is 0 Å². The number of hydrogen-bond acceptors (Lipinski definition) is 5. The number of sulfonamides is 1. The van der Waals surface area contributed by atoms with Gasteiger partial charge in [0.1, 0.15) is 11.1 Å². The molecule has 0 saturated heterocycles. The fourth-order valence-corrected chi connectivity index (χ4v) is 2.70. The van der Waals surface area contributed by atoms with Crippen LogP contribution in [0.1, 0.15) is 20.3 Å². The Bertz CT molecular complexity index is 519. The molecule has 4 N–H and O–H groups in total. The van der Waals surface area contributed by atoms with E-state index in [4.69, 9.17) is 15.6 Å². The van der Waals surface area contributed by atoms with Gasteiger partial charge in [-0.25, -0.2) is 13.6 Å². The summed E-state index contributed by atoms with van der Waals surface area (Å²) < 4.78 is 29.0. The Kier molecular flexibility index (Phi) is 6.41. The highest BCUT2D eigenvalue weighted by Crippen LogP contribution is 2.25. The zero-order valence-electron chi connectivity index (χ0n) is 12.0. The first-order valence-electron chi connectivity index (χ1n) is 6.62. The van der Waals surface area contributed by atoms with Crippen molar-refractivity contribution in [3.8, 4) is 0 Å². The van der Waals surface area contributed by atoms with Crippen molar-refractivity contribution in [2.45, 2.75) is 31.4 Å². The van der Waals surface area contributed by atoms with Crippen LogP contribution in [0.15, 0.2) is 29.2 Å². The quantitative estimate of drug-likeness (QED) is 0.694. The average Bonchev–Trinajstić information content (AvgIpc) is 2.41. The maximum Gasteiger partial charge on any atom is 0.240 e. The lowest BCUT2D eigenvalue weighted by molar-refractivity contribution is 0.0638. The zero-order valence-corrected chi connectivity index (χ0v) is 12.8. The molecule has 1 rings (SSSR count). The van der Waals surface area contributed by atoms with Gasteiger partial charge in [0, 0.05) is 19.7 Å². The minimum Gasteiger partial charge on any atom is -0.359 e. The van der Waals surface area contributed by atoms with Crippen molar-refractivity contribution in [1.29, 1.82) is 0 Å². The molecular formula is C13H23N3O3S. The van der Waals surface area contributed by atoms with Crippen LogP contribution >= 0.6 is 0 Å². The highest BCUT2D eigenvalue weighted by Gasteiger charge is 2.21. The number of hydrogen-bond donors (Lipinski definition) is 2. The number of para-hydroxylation sites is 1. The predicted octanol–water partition coefficient (Wildman–Crippen LogP) is 0.872. The van der Waals surface area contributed by atoms with Crippen molar-refractivity contribution < 1.29 is 13.2 Å². The van der Waals surface area contributed by atoms with E-state index in [0.717, 1.165) is 6.42 Å². The number of ether oxygens (including phenoxy) is 1. The molecule has 0 aliphatic heterocycles. The molecule has 0 aliphatic carbocycles. The van der Waals surface area contributed by atoms with Gasteiger partial charge < -0.3 is 15.4 Å². The van der Waals surface area contributed by atoms with Crippen molar-refractivity contribution in [3.63, 3.8) is 0 Å². The minimum absolute atomic E-state index is 0.0837. The van der Waals surface area contributed by atoms with E-state index in [1.54, 1.807) is 18.2 Å². The number of rotatable bonds is 8. The summed E-state index contributed by atoms with van der Waals surface area (Å²) >= 11 is 0. The lowest BCUT2D eigenvalue weighted by atomic mass is 10.2. The summed E-state index contributed by atoms with van der Waals surface area (Å²) in [6.45, 7) is 5.35. The van der Waals surface area contributed by atoms with Crippen LogP contribution in [0.2, 0.25) is 0 Å². The SMILES string of the molecule is CCCOC(C)N(CCN)c1ccccc1S(N)(=O)=O. The van der Waals surface area contributed by atoms with E-state index in [1.165, 1.54) is 6.07 Å². The Labute approximate surface area is 120 Å². The van der Waals surface area contributed by atoms with E-state index in [9.17, 15) is 8.42 Å². The van der Waals surface area contributed by atoms with Crippen LogP contribution in [0.3, 0.4) is 0 Å². The molecular weight excluding hydrogens is 278 g/mol. The van der Waals surface area contributed by atoms with E-state index in [0.29, 0.717) is 25.4 Å². The fourth-order valence-electron chi connectivity index (χ4n) is 1.95. The minimum atomic E-state index is -3.79. The molecule has 1 aromatic rings. The van der Waals surface area contributed by atoms with Crippen LogP contribution in [-0.2, 0) is 14.8 Å². The maximum atomic E-state index is 11.7. The average molecular weight is 301 g/mol. The molecule has 1 unspecified atom stereocenters. The van der Waals surface area contributed by atoms with Gasteiger partial charge in [0.2, 0.25) is 10.0 Å². The monoisotopic (exact) mass is 301 g/mol. The molecule has 0 saturated carbocycles. The molecule has 0 spiro atoms. The Balaban J connectivity index is 3.15. The molecule has 0 heterocycles. The molecule has 1 aromatic carbocycles. The zero-order chi connectivity index (χ0) is 15.2. The van der Waals surface area contributed by atoms with Crippen molar-refractivity contribution in [2.75, 3.05) is 24.6 Å². The van der Waals surface area contributed by atoms with E-state index in [2.05, 4.69) is 0 Å². The summed E-state index contributed by atoms with van der Waals surface area (Å²) in [4.78, 5) is 1.90. The van der Waals surface area contributed by atoms with Gasteiger partial charge in [-0.2, -0.15) is 0 Å². The standard InChI is InChI=1S/C13H23N3O3S/c1-3-10-19-11(2)16(9-8-14)12-6-4-5-7-13(12)20(15,17)18/h4-7,11H,3,8-10,14H2,1-2H3,(H2,15,17,18). The van der Waals surface area contributed by atoms with Crippen LogP contribution in [-0.4, -0.2) is 34.3 Å². The van der Waals surface area contributed by atoms with Gasteiger partial charge in [-0.05, 0) is 25.5 Å². The smallest absolute Gasteiger partial charge is 0.240 e. The van der Waals surface area contributed by atoms with Crippen molar-refractivity contribution >= 4 is 15.7 Å². The predicted molar refractivity (Wildman–Crippen MR) is 79.9 cm³/mol. The van der Waals surface area contributed by atoms with Crippen LogP contribution in [0.25, 0.3) is 0 Å². The summed E-state index contributed by atoms with van der Waals surface area (Å²) in [5.41, 5.74) is 6.13. The molecule has 6 nitrogen and oxygen atoms in total. The number of primary sulfonamides is 1. The van der Waals surface area contributed by atoms with E-state index < -0.39 is 10.0 Å². The van der Waals surface area contributed by atoms with Crippen LogP contribution in [0.4, 0.5) is 5.69 Å². The Hall–Kier alpha value is -1.15. The number of nitrogens with two attached hydrogens (primary N) is 2. The van der Waals surface area contributed by atoms with Crippen molar-refractivity contribution in [3.05, 3.63) is 24.3 Å². The molecule has 20 heavy (non-hydrogen) atoms. The second-order valence-corrected chi connectivity index (χ2v) is 5.99. The highest BCUT2D eigenvalue weighted by molar-refractivity contribution is 7.89. The molecule has 0 aromatic heterocycles. The first kappa shape index (κ1) is 16.9. The van der Waals surface area contributed by atoms with E-state index >= 15 is 0 Å². The molecule has 0 aliphatic rings. The van der Waals surface area contributed by atoms with E-state index in [-0.39, 0.29) is 11.1 Å². The van der Waals surface area contributed by atoms with Gasteiger partial charge in [-0.3, -0.25) is 0 Å². The number of anilines is 1. The highest BCUT2D eigenvalue weighted by atomic mass is 32.2. The summed E-state index contributed by atoms with van der Waals surface area (Å²) in [6, 6.07) is 6.60. The maximum absolute atomic E-state index is 11.7. The molecule has 114 valence electrons. The van der Waals surface area contributed by atoms with Gasteiger partial charge in [0.05, 0.1) is 5.69 Å². The largest absolute Gasteiger partial charge is 0.359 e. The Morgan fingerprint density at radius 1 is 1.35 bits per heavy atom. The topological polar surface area (TPSA) is 98.7 Å². The lowest BCUT2D eigenvalue weighted by Gasteiger charge is -2.32. The third-order valence-corrected chi connectivity index (χ3v) is 3.81. The molecule has 0 amide bonds. The molecule has 0 radical (unpaired) electrons. The van der Waals surface area contributed by atoms with Gasteiger partial charge in [0.15, 0.2) is 0 Å². The van der Waals surface area contributed by atoms with Crippen molar-refractivity contribution in [2.24, 2.45) is 10.9 Å². The lowest BCUT2D eigenvalue weighted by Crippen LogP contribution is -2.40. The van der Waals surface area contributed by atoms with E-state index in [1.807, 2.05) is 18.7 Å². The first-order chi connectivity index (χ1) is 9.41. The van der Waals surface area contributed by atoms with Crippen LogP contribution in [0, 0.1) is 0 Å². The molecule has 7 heteroatoms. The number of benzene rings is 1. The normalized spacial score (nSPS) is 13.2. The molecule has 0 bridgehead atoms. The van der Waals surface area contributed by atoms with Gasteiger partial charge in [0.25, 0.3) is 0 Å². The van der Waals surface area contributed by atoms with Gasteiger partial charge >= 0.3 is 0 Å². The van der Waals surface area contributed by atoms with Gasteiger partial charge in [-0.1, -0.05) is 19.1 Å². The first-order valence-corrected chi connectivity index (χ1v) is 8.16. The second-order valence-electron chi connectivity index (χ2n) is 4.46. The summed E-state index contributed by atoms with van der Waals surface area (Å²) in [5.74, 6) is 0. The van der Waals surface area contributed by atoms with Crippen LogP contribution < -0.4 is 15.8 Å². The second kappa shape index (κ2) is 7.58. The Morgan fingerprint density at radius 3 is 2.55 bits per heavy atom. The summed E-state index contributed by atoms with van der Waals surface area (Å²) in [6.07, 6.45) is 0.610. The third-order valence-electron chi connectivity index (χ3n) is 2.85. The van der Waals surface area contributed by atoms with Crippen LogP contribution in [0.5, 0.6) is 0 Å².